The normalized spacial score (nSPS) is 52.6. The quantitative estimate of drug-likeness (QED) is 0.475. The molecule has 1 saturated heterocycles. The number of rotatable bonds is 4. The van der Waals surface area contributed by atoms with Crippen molar-refractivity contribution < 1.29 is 24.5 Å². The minimum absolute atomic E-state index is 0.0255. The van der Waals surface area contributed by atoms with Crippen LogP contribution in [-0.4, -0.2) is 46.2 Å². The van der Waals surface area contributed by atoms with Crippen LogP contribution in [0.25, 0.3) is 0 Å². The summed E-state index contributed by atoms with van der Waals surface area (Å²) < 4.78 is 12.8. The zero-order chi connectivity index (χ0) is 26.2. The van der Waals surface area contributed by atoms with Gasteiger partial charge in [-0.2, -0.15) is 0 Å². The van der Waals surface area contributed by atoms with E-state index in [1.54, 1.807) is 13.8 Å². The van der Waals surface area contributed by atoms with Crippen molar-refractivity contribution in [2.24, 2.45) is 51.2 Å². The summed E-state index contributed by atoms with van der Waals surface area (Å²) in [5.41, 5.74) is 0.233. The lowest BCUT2D eigenvalue weighted by Crippen LogP contribution is -2.54. The molecule has 0 bridgehead atoms. The average molecular weight is 515 g/mol. The molecule has 208 valence electrons. The van der Waals surface area contributed by atoms with Crippen molar-refractivity contribution in [3.63, 3.8) is 0 Å². The van der Waals surface area contributed by atoms with Crippen LogP contribution in [0.2, 0.25) is 0 Å². The van der Waals surface area contributed by atoms with E-state index in [1.807, 2.05) is 0 Å². The standard InChI is InChI=1S/C32H50O5/c1-28(2)24-11-9-19-21-16-23-20(30(21,5)14-15-31(19)17-32(24,31)13-12-25(28)33)8-10-22(36-23)26(29(3,4)35)37-27(34)18-6-7-18/h18-26,33,35H,6-17H2,1-5H3/t19?,20?,21?,22?,23?,24?,25-,26-,30?,31-,32+/m0/s1. The van der Waals surface area contributed by atoms with E-state index >= 15 is 0 Å². The number of fused-ring (bicyclic) bond motifs is 4. The number of hydrogen-bond donors (Lipinski definition) is 2. The molecular weight excluding hydrogens is 464 g/mol. The molecule has 2 spiro atoms. The lowest BCUT2D eigenvalue weighted by molar-refractivity contribution is -0.202. The highest BCUT2D eigenvalue weighted by Gasteiger charge is 2.80. The lowest BCUT2D eigenvalue weighted by Gasteiger charge is -2.59. The van der Waals surface area contributed by atoms with Crippen molar-refractivity contribution in [2.75, 3.05) is 0 Å². The van der Waals surface area contributed by atoms with Crippen LogP contribution in [0, 0.1) is 51.2 Å². The second kappa shape index (κ2) is 7.75. The maximum Gasteiger partial charge on any atom is 0.309 e. The fourth-order valence-corrected chi connectivity index (χ4v) is 11.7. The predicted octanol–water partition coefficient (Wildman–Crippen LogP) is 5.65. The van der Waals surface area contributed by atoms with Crippen LogP contribution in [-0.2, 0) is 14.3 Å². The molecule has 0 aromatic heterocycles. The van der Waals surface area contributed by atoms with Gasteiger partial charge in [0.1, 0.15) is 0 Å². The summed E-state index contributed by atoms with van der Waals surface area (Å²) in [6.07, 6.45) is 13.1. The third-order valence-electron chi connectivity index (χ3n) is 13.8. The molecule has 5 nitrogen and oxygen atoms in total. The van der Waals surface area contributed by atoms with Gasteiger partial charge in [-0.3, -0.25) is 4.79 Å². The fourth-order valence-electron chi connectivity index (χ4n) is 11.7. The number of aliphatic hydroxyl groups is 2. The monoisotopic (exact) mass is 514 g/mol. The molecule has 7 aliphatic rings. The molecule has 7 fully saturated rings. The summed E-state index contributed by atoms with van der Waals surface area (Å²) in [5, 5.41) is 21.9. The Balaban J connectivity index is 1.12. The highest BCUT2D eigenvalue weighted by Crippen LogP contribution is 2.87. The zero-order valence-electron chi connectivity index (χ0n) is 23.8. The Labute approximate surface area is 223 Å². The first-order valence-corrected chi connectivity index (χ1v) is 15.6. The number of carbonyl (C=O) groups excluding carboxylic acids is 1. The minimum atomic E-state index is -1.11. The number of carbonyl (C=O) groups is 1. The third-order valence-corrected chi connectivity index (χ3v) is 13.8. The predicted molar refractivity (Wildman–Crippen MR) is 140 cm³/mol. The zero-order valence-corrected chi connectivity index (χ0v) is 23.8. The van der Waals surface area contributed by atoms with Crippen molar-refractivity contribution in [3.05, 3.63) is 0 Å². The highest BCUT2D eigenvalue weighted by atomic mass is 16.6. The Morgan fingerprint density at radius 2 is 1.65 bits per heavy atom. The number of esters is 1. The van der Waals surface area contributed by atoms with E-state index in [9.17, 15) is 15.0 Å². The molecule has 37 heavy (non-hydrogen) atoms. The molecule has 5 heteroatoms. The highest BCUT2D eigenvalue weighted by molar-refractivity contribution is 5.75. The fraction of sp³-hybridized carbons (Fsp3) is 0.969. The minimum Gasteiger partial charge on any atom is -0.456 e. The van der Waals surface area contributed by atoms with Crippen LogP contribution >= 0.6 is 0 Å². The van der Waals surface area contributed by atoms with Crippen molar-refractivity contribution in [1.82, 2.24) is 0 Å². The van der Waals surface area contributed by atoms with Gasteiger partial charge >= 0.3 is 5.97 Å². The maximum absolute atomic E-state index is 12.6. The van der Waals surface area contributed by atoms with Gasteiger partial charge in [0.25, 0.3) is 0 Å². The van der Waals surface area contributed by atoms with Crippen molar-refractivity contribution in [1.29, 1.82) is 0 Å². The molecule has 2 N–H and O–H groups in total. The first-order chi connectivity index (χ1) is 17.3. The van der Waals surface area contributed by atoms with Crippen LogP contribution in [0.3, 0.4) is 0 Å². The van der Waals surface area contributed by atoms with Crippen molar-refractivity contribution in [3.8, 4) is 0 Å². The lowest BCUT2D eigenvalue weighted by atomic mass is 9.46. The molecule has 0 aromatic carbocycles. The van der Waals surface area contributed by atoms with Gasteiger partial charge < -0.3 is 19.7 Å². The molecule has 11 atom stereocenters. The first-order valence-electron chi connectivity index (χ1n) is 15.6. The van der Waals surface area contributed by atoms with Crippen molar-refractivity contribution >= 4 is 5.97 Å². The van der Waals surface area contributed by atoms with Gasteiger partial charge in [0.2, 0.25) is 0 Å². The van der Waals surface area contributed by atoms with Crippen LogP contribution in [0.15, 0.2) is 0 Å². The van der Waals surface area contributed by atoms with E-state index in [0.717, 1.165) is 44.4 Å². The van der Waals surface area contributed by atoms with E-state index in [0.29, 0.717) is 34.0 Å². The Hall–Kier alpha value is -0.650. The number of hydrogen-bond acceptors (Lipinski definition) is 5. The summed E-state index contributed by atoms with van der Waals surface area (Å²) >= 11 is 0. The summed E-state index contributed by atoms with van der Waals surface area (Å²) in [7, 11) is 0. The summed E-state index contributed by atoms with van der Waals surface area (Å²) in [6, 6.07) is 0. The van der Waals surface area contributed by atoms with Crippen LogP contribution < -0.4 is 0 Å². The molecular formula is C32H50O5. The van der Waals surface area contributed by atoms with E-state index < -0.39 is 11.7 Å². The third kappa shape index (κ3) is 3.35. The van der Waals surface area contributed by atoms with Crippen LogP contribution in [0.4, 0.5) is 0 Å². The molecule has 6 aliphatic carbocycles. The molecule has 6 saturated carbocycles. The second-order valence-electron chi connectivity index (χ2n) is 16.1. The van der Waals surface area contributed by atoms with Crippen molar-refractivity contribution in [2.45, 2.75) is 142 Å². The smallest absolute Gasteiger partial charge is 0.309 e. The molecule has 0 radical (unpaired) electrons. The maximum atomic E-state index is 12.6. The Kier molecular flexibility index (Phi) is 5.31. The van der Waals surface area contributed by atoms with E-state index in [2.05, 4.69) is 20.8 Å². The molecule has 1 heterocycles. The molecule has 0 amide bonds. The van der Waals surface area contributed by atoms with E-state index in [-0.39, 0.29) is 35.6 Å². The average Bonchev–Trinajstić information content (AvgIpc) is 3.74. The largest absolute Gasteiger partial charge is 0.456 e. The van der Waals surface area contributed by atoms with Gasteiger partial charge in [0.15, 0.2) is 6.10 Å². The SMILES string of the molecule is CC12CC[C@@]34C[C@@]35CC[C@H](O)C(C)(C)C5CCC4C1CC1OC([C@H](OC(=O)C3CC3)C(C)(C)O)CCC12. The van der Waals surface area contributed by atoms with E-state index in [4.69, 9.17) is 9.47 Å². The molecule has 0 aromatic rings. The number of aliphatic hydroxyl groups excluding tert-OH is 1. The summed E-state index contributed by atoms with van der Waals surface area (Å²) in [4.78, 5) is 12.6. The Morgan fingerprint density at radius 3 is 2.35 bits per heavy atom. The van der Waals surface area contributed by atoms with E-state index in [1.165, 1.54) is 38.5 Å². The van der Waals surface area contributed by atoms with Gasteiger partial charge in [-0.15, -0.1) is 0 Å². The van der Waals surface area contributed by atoms with Gasteiger partial charge in [0.05, 0.1) is 29.8 Å². The Morgan fingerprint density at radius 1 is 0.919 bits per heavy atom. The van der Waals surface area contributed by atoms with Gasteiger partial charge in [-0.05, 0) is 136 Å². The molecule has 1 aliphatic heterocycles. The molecule has 7 unspecified atom stereocenters. The summed E-state index contributed by atoms with van der Waals surface area (Å²) in [6.45, 7) is 10.8. The first kappa shape index (κ1) is 25.3. The van der Waals surface area contributed by atoms with Gasteiger partial charge in [-0.1, -0.05) is 20.8 Å². The molecule has 7 rings (SSSR count). The second-order valence-corrected chi connectivity index (χ2v) is 16.1. The van der Waals surface area contributed by atoms with Gasteiger partial charge in [-0.25, -0.2) is 0 Å². The summed E-state index contributed by atoms with van der Waals surface area (Å²) in [5.74, 6) is 2.62. The van der Waals surface area contributed by atoms with Crippen LogP contribution in [0.5, 0.6) is 0 Å². The number of ether oxygens (including phenoxy) is 2. The van der Waals surface area contributed by atoms with Gasteiger partial charge in [0, 0.05) is 0 Å². The van der Waals surface area contributed by atoms with Crippen LogP contribution in [0.1, 0.15) is 112 Å². The topological polar surface area (TPSA) is 76.0 Å². The Bertz CT molecular complexity index is 965.